The Bertz CT molecular complexity index is 822. The molecule has 2 rings (SSSR count). The lowest BCUT2D eigenvalue weighted by atomic mass is 10.0. The topological polar surface area (TPSA) is 54.4 Å². The van der Waals surface area contributed by atoms with Crippen LogP contribution in [0, 0.1) is 0 Å². The number of hydrogen-bond donors (Lipinski definition) is 1. The zero-order valence-electron chi connectivity index (χ0n) is 12.7. The molecule has 0 heterocycles. The van der Waals surface area contributed by atoms with Gasteiger partial charge >= 0.3 is 6.18 Å². The molecule has 7 heteroatoms. The molecule has 1 unspecified atom stereocenters. The highest BCUT2D eigenvalue weighted by Crippen LogP contribution is 2.31. The van der Waals surface area contributed by atoms with Crippen LogP contribution in [-0.2, 0) is 9.84 Å². The molecule has 0 bridgehead atoms. The van der Waals surface area contributed by atoms with E-state index in [9.17, 15) is 26.7 Å². The summed E-state index contributed by atoms with van der Waals surface area (Å²) in [5, 5.41) is 9.34. The first-order chi connectivity index (χ1) is 11.0. The fourth-order valence-corrected chi connectivity index (χ4v) is 3.13. The van der Waals surface area contributed by atoms with Crippen LogP contribution in [0.4, 0.5) is 13.2 Å². The highest BCUT2D eigenvalue weighted by Gasteiger charge is 2.47. The Labute approximate surface area is 138 Å². The normalized spacial score (nSPS) is 15.4. The minimum atomic E-state index is -4.79. The number of hydrogen-bond acceptors (Lipinski definition) is 3. The molecule has 24 heavy (non-hydrogen) atoms. The lowest BCUT2D eigenvalue weighted by molar-refractivity contribution is -0.232. The van der Waals surface area contributed by atoms with Gasteiger partial charge in [0.1, 0.15) is 0 Å². The third kappa shape index (κ3) is 3.85. The molecule has 0 aromatic heterocycles. The van der Waals surface area contributed by atoms with Gasteiger partial charge in [0.15, 0.2) is 5.60 Å². The van der Waals surface area contributed by atoms with E-state index >= 15 is 0 Å². The molecular weight excluding hydrogens is 341 g/mol. The van der Waals surface area contributed by atoms with Crippen LogP contribution in [0.1, 0.15) is 12.5 Å². The van der Waals surface area contributed by atoms with Gasteiger partial charge < -0.3 is 5.11 Å². The van der Waals surface area contributed by atoms with Crippen LogP contribution in [0.3, 0.4) is 0 Å². The Balaban J connectivity index is 2.26. The van der Waals surface area contributed by atoms with Crippen LogP contribution in [0.25, 0.3) is 6.08 Å². The van der Waals surface area contributed by atoms with E-state index in [1.807, 2.05) is 0 Å². The molecule has 2 aromatic carbocycles. The predicted molar refractivity (Wildman–Crippen MR) is 84.0 cm³/mol. The maximum absolute atomic E-state index is 12.6. The van der Waals surface area contributed by atoms with Crippen molar-refractivity contribution in [3.63, 3.8) is 0 Å². The van der Waals surface area contributed by atoms with Crippen molar-refractivity contribution < 1.29 is 26.7 Å². The van der Waals surface area contributed by atoms with Crippen molar-refractivity contribution in [2.45, 2.75) is 28.5 Å². The Kier molecular flexibility index (Phi) is 4.87. The third-order valence-corrected chi connectivity index (χ3v) is 5.20. The van der Waals surface area contributed by atoms with Gasteiger partial charge in [0, 0.05) is 0 Å². The zero-order chi connectivity index (χ0) is 18.0. The van der Waals surface area contributed by atoms with Gasteiger partial charge in [0.25, 0.3) is 0 Å². The molecular formula is C17H15F3O3S. The fourth-order valence-electron chi connectivity index (χ4n) is 1.85. The summed E-state index contributed by atoms with van der Waals surface area (Å²) in [6.07, 6.45) is -3.08. The highest BCUT2D eigenvalue weighted by molar-refractivity contribution is 7.91. The number of aliphatic hydroxyl groups is 1. The Hall–Kier alpha value is -2.12. The van der Waals surface area contributed by atoms with E-state index in [2.05, 4.69) is 0 Å². The second kappa shape index (κ2) is 6.41. The van der Waals surface area contributed by atoms with Crippen molar-refractivity contribution in [1.82, 2.24) is 0 Å². The first-order valence-electron chi connectivity index (χ1n) is 6.92. The summed E-state index contributed by atoms with van der Waals surface area (Å²) in [5.41, 5.74) is -2.62. The molecule has 128 valence electrons. The molecule has 0 radical (unpaired) electrons. The Morgan fingerprint density at radius 1 is 0.917 bits per heavy atom. The molecule has 0 aliphatic rings. The fraction of sp³-hybridized carbons (Fsp3) is 0.176. The summed E-state index contributed by atoms with van der Waals surface area (Å²) in [5.74, 6) is 0. The number of benzene rings is 2. The quantitative estimate of drug-likeness (QED) is 0.905. The largest absolute Gasteiger partial charge is 0.420 e. The SMILES string of the molecule is CC(O)(C=Cc1ccc(S(=O)(=O)c2ccccc2)cc1)C(F)(F)F. The van der Waals surface area contributed by atoms with E-state index < -0.39 is 21.6 Å². The molecule has 3 nitrogen and oxygen atoms in total. The van der Waals surface area contributed by atoms with Crippen LogP contribution < -0.4 is 0 Å². The zero-order valence-corrected chi connectivity index (χ0v) is 13.5. The van der Waals surface area contributed by atoms with Gasteiger partial charge in [-0.05, 0) is 42.8 Å². The summed E-state index contributed by atoms with van der Waals surface area (Å²) in [7, 11) is -3.68. The van der Waals surface area contributed by atoms with E-state index in [0.717, 1.165) is 6.08 Å². The van der Waals surface area contributed by atoms with Gasteiger partial charge in [-0.3, -0.25) is 0 Å². The molecule has 0 aliphatic carbocycles. The molecule has 1 atom stereocenters. The minimum Gasteiger partial charge on any atom is -0.377 e. The van der Waals surface area contributed by atoms with Gasteiger partial charge in [0.05, 0.1) is 9.79 Å². The number of sulfone groups is 1. The third-order valence-electron chi connectivity index (χ3n) is 3.42. The summed E-state index contributed by atoms with van der Waals surface area (Å²) >= 11 is 0. The van der Waals surface area contributed by atoms with Crippen LogP contribution in [0.15, 0.2) is 70.5 Å². The van der Waals surface area contributed by atoms with Crippen LogP contribution >= 0.6 is 0 Å². The Morgan fingerprint density at radius 3 is 1.92 bits per heavy atom. The van der Waals surface area contributed by atoms with Crippen molar-refractivity contribution in [2.75, 3.05) is 0 Å². The molecule has 0 fully saturated rings. The van der Waals surface area contributed by atoms with Gasteiger partial charge in [-0.2, -0.15) is 13.2 Å². The Morgan fingerprint density at radius 2 is 1.42 bits per heavy atom. The molecule has 0 amide bonds. The maximum Gasteiger partial charge on any atom is 0.420 e. The molecule has 0 spiro atoms. The van der Waals surface area contributed by atoms with Crippen LogP contribution in [0.5, 0.6) is 0 Å². The summed E-state index contributed by atoms with van der Waals surface area (Å²) in [6.45, 7) is 0.637. The van der Waals surface area contributed by atoms with E-state index in [1.165, 1.54) is 36.4 Å². The predicted octanol–water partition coefficient (Wildman–Crippen LogP) is 3.85. The second-order valence-electron chi connectivity index (χ2n) is 5.36. The number of halogens is 3. The smallest absolute Gasteiger partial charge is 0.377 e. The van der Waals surface area contributed by atoms with E-state index in [-0.39, 0.29) is 9.79 Å². The van der Waals surface area contributed by atoms with Crippen molar-refractivity contribution in [3.8, 4) is 0 Å². The van der Waals surface area contributed by atoms with Gasteiger partial charge in [-0.15, -0.1) is 0 Å². The van der Waals surface area contributed by atoms with Crippen molar-refractivity contribution in [2.24, 2.45) is 0 Å². The highest BCUT2D eigenvalue weighted by atomic mass is 32.2. The average molecular weight is 356 g/mol. The lowest BCUT2D eigenvalue weighted by Gasteiger charge is -2.22. The van der Waals surface area contributed by atoms with Crippen molar-refractivity contribution >= 4 is 15.9 Å². The van der Waals surface area contributed by atoms with Crippen LogP contribution in [-0.4, -0.2) is 25.3 Å². The summed E-state index contributed by atoms with van der Waals surface area (Å²) < 4.78 is 62.5. The second-order valence-corrected chi connectivity index (χ2v) is 7.31. The summed E-state index contributed by atoms with van der Waals surface area (Å²) in [4.78, 5) is 0.168. The average Bonchev–Trinajstić information content (AvgIpc) is 2.53. The van der Waals surface area contributed by atoms with Gasteiger partial charge in [0.2, 0.25) is 9.84 Å². The van der Waals surface area contributed by atoms with E-state index in [1.54, 1.807) is 18.2 Å². The first-order valence-corrected chi connectivity index (χ1v) is 8.41. The van der Waals surface area contributed by atoms with Crippen molar-refractivity contribution in [3.05, 3.63) is 66.2 Å². The molecule has 0 saturated heterocycles. The number of rotatable bonds is 4. The minimum absolute atomic E-state index is 0.0356. The summed E-state index contributed by atoms with van der Waals surface area (Å²) in [6, 6.07) is 13.2. The van der Waals surface area contributed by atoms with Gasteiger partial charge in [-0.25, -0.2) is 8.42 Å². The number of alkyl halides is 3. The monoisotopic (exact) mass is 356 g/mol. The molecule has 0 aliphatic heterocycles. The molecule has 1 N–H and O–H groups in total. The van der Waals surface area contributed by atoms with E-state index in [4.69, 9.17) is 0 Å². The first kappa shape index (κ1) is 18.2. The van der Waals surface area contributed by atoms with Gasteiger partial charge in [-0.1, -0.05) is 36.4 Å². The van der Waals surface area contributed by atoms with Crippen molar-refractivity contribution in [1.29, 1.82) is 0 Å². The van der Waals surface area contributed by atoms with E-state index in [0.29, 0.717) is 18.6 Å². The lowest BCUT2D eigenvalue weighted by Crippen LogP contribution is -2.39. The molecule has 2 aromatic rings. The maximum atomic E-state index is 12.6. The molecule has 0 saturated carbocycles. The standard InChI is InChI=1S/C17H15F3O3S/c1-16(21,17(18,19)20)12-11-13-7-9-15(10-8-13)24(22,23)14-5-3-2-4-6-14/h2-12,21H,1H3. The van der Waals surface area contributed by atoms with Crippen LogP contribution in [0.2, 0.25) is 0 Å².